The van der Waals surface area contributed by atoms with Crippen molar-refractivity contribution in [1.82, 2.24) is 4.98 Å². The number of aliphatic imine (C=N–C) groups is 1. The van der Waals surface area contributed by atoms with Crippen molar-refractivity contribution in [3.63, 3.8) is 0 Å². The number of carbonyl (C=O) groups is 1. The minimum atomic E-state index is -2.24. The summed E-state index contributed by atoms with van der Waals surface area (Å²) < 4.78 is 0. The predicted molar refractivity (Wildman–Crippen MR) is 118 cm³/mol. The molecule has 0 radical (unpaired) electrons. The van der Waals surface area contributed by atoms with Gasteiger partial charge in [-0.3, -0.25) is 9.79 Å². The third-order valence-electron chi connectivity index (χ3n) is 4.10. The minimum absolute atomic E-state index is 0.0323. The van der Waals surface area contributed by atoms with Crippen LogP contribution in [-0.2, 0) is 0 Å². The van der Waals surface area contributed by atoms with Crippen molar-refractivity contribution in [2.24, 2.45) is 4.99 Å². The van der Waals surface area contributed by atoms with E-state index in [0.717, 1.165) is 17.1 Å². The first kappa shape index (κ1) is 26.0. The second-order valence-electron chi connectivity index (χ2n) is 6.97. The van der Waals surface area contributed by atoms with Crippen LogP contribution >= 0.6 is 17.4 Å². The van der Waals surface area contributed by atoms with E-state index >= 15 is 0 Å². The first-order chi connectivity index (χ1) is 13.0. The molecule has 0 amide bonds. The fourth-order valence-electron chi connectivity index (χ4n) is 2.70. The summed E-state index contributed by atoms with van der Waals surface area (Å²) in [5.74, 6) is 15.8. The van der Waals surface area contributed by atoms with Crippen molar-refractivity contribution in [3.05, 3.63) is 58.9 Å². The molecule has 0 fully saturated rings. The molecule has 0 atom stereocenters. The van der Waals surface area contributed by atoms with Crippen LogP contribution in [0.15, 0.2) is 41.4 Å². The monoisotopic (exact) mass is 569 g/mol. The van der Waals surface area contributed by atoms with E-state index < -0.39 is 29.9 Å². The molecule has 0 saturated heterocycles. The van der Waals surface area contributed by atoms with Crippen LogP contribution in [0.25, 0.3) is 0 Å². The maximum absolute atomic E-state index is 11.6. The van der Waals surface area contributed by atoms with E-state index in [2.05, 4.69) is 50.9 Å². The van der Waals surface area contributed by atoms with Crippen molar-refractivity contribution in [2.45, 2.75) is 53.4 Å². The standard InChI is InChI=1S/C21H26N2O.3ClH.Nd/c1-13(2)17-9-7-10-18(14(3)4)21(17)22-15(5)19-11-8-12-20(23-19)16(6)24;;;;/h7-14H,1-6H3;3*1H;/q;;;;+3/p-3. The number of pyridine rings is 1. The number of ketones is 1. The molecule has 1 heterocycles. The summed E-state index contributed by atoms with van der Waals surface area (Å²) in [4.78, 5) is 20.9. The van der Waals surface area contributed by atoms with Gasteiger partial charge in [0.25, 0.3) is 0 Å². The van der Waals surface area contributed by atoms with Crippen LogP contribution in [0.3, 0.4) is 0 Å². The molecule has 7 heteroatoms. The van der Waals surface area contributed by atoms with Gasteiger partial charge in [0.1, 0.15) is 5.69 Å². The van der Waals surface area contributed by atoms with Crippen molar-refractivity contribution in [1.29, 1.82) is 0 Å². The predicted octanol–water partition coefficient (Wildman–Crippen LogP) is 7.74. The number of nitrogens with zero attached hydrogens (tertiary/aromatic N) is 2. The van der Waals surface area contributed by atoms with Gasteiger partial charge in [-0.2, -0.15) is 0 Å². The molecule has 28 heavy (non-hydrogen) atoms. The van der Waals surface area contributed by atoms with Crippen LogP contribution in [0.1, 0.15) is 80.7 Å². The molecule has 151 valence electrons. The Hall–Kier alpha value is -0.0694. The van der Waals surface area contributed by atoms with E-state index in [1.165, 1.54) is 18.1 Å². The SMILES string of the molecule is CC(=O)c1cccc(C(C)=Nc2c(C(C)C)cccc2C(C)C)n1.[Cl][Nd]([Cl])[Cl]. The van der Waals surface area contributed by atoms with Crippen LogP contribution in [0.2, 0.25) is 0 Å². The summed E-state index contributed by atoms with van der Waals surface area (Å²) in [6.45, 7) is 12.2. The molecular formula is C21H26Cl3N2NdO. The van der Waals surface area contributed by atoms with E-state index in [1.54, 1.807) is 6.07 Å². The van der Waals surface area contributed by atoms with Gasteiger partial charge in [0.15, 0.2) is 5.78 Å². The Labute approximate surface area is 189 Å². The molecular weight excluding hydrogens is 547 g/mol. The number of hydrogen-bond acceptors (Lipinski definition) is 3. The summed E-state index contributed by atoms with van der Waals surface area (Å²) in [7, 11) is 0. The van der Waals surface area contributed by atoms with Gasteiger partial charge in [-0.15, -0.1) is 0 Å². The Balaban J connectivity index is 0.000000892. The Morgan fingerprint density at radius 1 is 0.893 bits per heavy atom. The van der Waals surface area contributed by atoms with Crippen LogP contribution < -0.4 is 0 Å². The first-order valence-electron chi connectivity index (χ1n) is 9.04. The van der Waals surface area contributed by atoms with Crippen molar-refractivity contribution in [3.8, 4) is 0 Å². The quantitative estimate of drug-likeness (QED) is 0.272. The number of halogens is 3. The van der Waals surface area contributed by atoms with Crippen LogP contribution in [-0.4, -0.2) is 16.5 Å². The van der Waals surface area contributed by atoms with Crippen LogP contribution in [0, 0.1) is 29.9 Å². The van der Waals surface area contributed by atoms with E-state index in [0.29, 0.717) is 17.5 Å². The molecule has 1 aromatic heterocycles. The zero-order chi connectivity index (χ0) is 21.4. The topological polar surface area (TPSA) is 42.3 Å². The second kappa shape index (κ2) is 12.6. The summed E-state index contributed by atoms with van der Waals surface area (Å²) in [5, 5.41) is 0. The fraction of sp³-hybridized carbons (Fsp3) is 0.381. The van der Waals surface area contributed by atoms with Gasteiger partial charge >= 0.3 is 47.3 Å². The van der Waals surface area contributed by atoms with E-state index in [1.807, 2.05) is 19.1 Å². The zero-order valence-corrected chi connectivity index (χ0v) is 22.5. The molecule has 0 N–H and O–H groups in total. The van der Waals surface area contributed by atoms with E-state index in [-0.39, 0.29) is 5.78 Å². The number of carbonyl (C=O) groups excluding carboxylic acids is 1. The Bertz CT molecular complexity index is 807. The van der Waals surface area contributed by atoms with E-state index in [4.69, 9.17) is 22.4 Å². The van der Waals surface area contributed by atoms with Gasteiger partial charge in [-0.05, 0) is 42.0 Å². The van der Waals surface area contributed by atoms with Crippen molar-refractivity contribution < 1.29 is 34.7 Å². The Kier molecular flexibility index (Phi) is 11.7. The molecule has 0 aliphatic rings. The molecule has 2 rings (SSSR count). The molecule has 1 aromatic carbocycles. The second-order valence-corrected chi connectivity index (χ2v) is 21.1. The average Bonchev–Trinajstić information content (AvgIpc) is 2.61. The van der Waals surface area contributed by atoms with Crippen LogP contribution in [0.4, 0.5) is 5.69 Å². The summed E-state index contributed by atoms with van der Waals surface area (Å²) in [6, 6.07) is 11.9. The fourth-order valence-corrected chi connectivity index (χ4v) is 2.70. The molecule has 0 saturated carbocycles. The van der Waals surface area contributed by atoms with Gasteiger partial charge in [-0.1, -0.05) is 52.0 Å². The first-order valence-corrected chi connectivity index (χ1v) is 21.1. The Morgan fingerprint density at radius 2 is 1.32 bits per heavy atom. The molecule has 0 aliphatic carbocycles. The number of Topliss-reactive ketones (excluding diaryl/α,β-unsaturated/α-hetero) is 1. The maximum atomic E-state index is 11.6. The number of hydrogen-bond donors (Lipinski definition) is 0. The molecule has 0 spiro atoms. The molecule has 2 aromatic rings. The van der Waals surface area contributed by atoms with Gasteiger partial charge in [0.2, 0.25) is 0 Å². The molecule has 0 aliphatic heterocycles. The van der Waals surface area contributed by atoms with Gasteiger partial charge < -0.3 is 0 Å². The summed E-state index contributed by atoms with van der Waals surface area (Å²) >= 11 is -2.24. The van der Waals surface area contributed by atoms with E-state index in [9.17, 15) is 4.79 Å². The number of para-hydroxylation sites is 1. The van der Waals surface area contributed by atoms with Gasteiger partial charge in [0.05, 0.1) is 17.1 Å². The number of rotatable bonds is 5. The van der Waals surface area contributed by atoms with Crippen LogP contribution in [0.5, 0.6) is 0 Å². The van der Waals surface area contributed by atoms with Gasteiger partial charge in [-0.25, -0.2) is 4.98 Å². The normalized spacial score (nSPS) is 11.3. The number of aromatic nitrogens is 1. The van der Waals surface area contributed by atoms with Crippen molar-refractivity contribution in [2.75, 3.05) is 0 Å². The third-order valence-corrected chi connectivity index (χ3v) is 4.10. The molecule has 3 nitrogen and oxygen atoms in total. The summed E-state index contributed by atoms with van der Waals surface area (Å²) in [5.41, 5.74) is 5.56. The zero-order valence-electron chi connectivity index (χ0n) is 17.1. The average molecular weight is 573 g/mol. The number of benzene rings is 1. The Morgan fingerprint density at radius 3 is 1.75 bits per heavy atom. The summed E-state index contributed by atoms with van der Waals surface area (Å²) in [6.07, 6.45) is 0. The van der Waals surface area contributed by atoms with Gasteiger partial charge in [0, 0.05) is 6.92 Å². The van der Waals surface area contributed by atoms with Crippen molar-refractivity contribution >= 4 is 34.6 Å². The molecule has 0 unspecified atom stereocenters. The third kappa shape index (κ3) is 8.35. The molecule has 0 bridgehead atoms.